The SMILES string of the molecule is CC(C)(C)OC(=O)N1CCCC(COc2nsc3ccccc23)C1. The molecule has 1 aromatic carbocycles. The van der Waals surface area contributed by atoms with Crippen molar-refractivity contribution in [1.29, 1.82) is 0 Å². The van der Waals surface area contributed by atoms with Gasteiger partial charge in [0.15, 0.2) is 0 Å². The number of ether oxygens (including phenoxy) is 2. The number of amides is 1. The van der Waals surface area contributed by atoms with Crippen molar-refractivity contribution in [3.8, 4) is 5.88 Å². The van der Waals surface area contributed by atoms with Crippen molar-refractivity contribution in [3.63, 3.8) is 0 Å². The van der Waals surface area contributed by atoms with Crippen LogP contribution >= 0.6 is 11.5 Å². The van der Waals surface area contributed by atoms with Gasteiger partial charge in [0.25, 0.3) is 0 Å². The molecule has 0 N–H and O–H groups in total. The van der Waals surface area contributed by atoms with Crippen LogP contribution in [0.25, 0.3) is 10.1 Å². The van der Waals surface area contributed by atoms with Crippen LogP contribution in [0, 0.1) is 5.92 Å². The van der Waals surface area contributed by atoms with Crippen LogP contribution < -0.4 is 4.74 Å². The van der Waals surface area contributed by atoms with Gasteiger partial charge in [0, 0.05) is 19.0 Å². The van der Waals surface area contributed by atoms with Crippen LogP contribution in [0.2, 0.25) is 0 Å². The summed E-state index contributed by atoms with van der Waals surface area (Å²) in [5.41, 5.74) is -0.458. The number of piperidine rings is 1. The van der Waals surface area contributed by atoms with Crippen LogP contribution in [0.3, 0.4) is 0 Å². The van der Waals surface area contributed by atoms with E-state index in [-0.39, 0.29) is 6.09 Å². The Morgan fingerprint density at radius 3 is 2.96 bits per heavy atom. The van der Waals surface area contributed by atoms with Gasteiger partial charge in [0.1, 0.15) is 5.60 Å². The molecule has 0 bridgehead atoms. The molecule has 130 valence electrons. The first-order valence-corrected chi connectivity index (χ1v) is 9.15. The molecule has 2 aromatic rings. The fourth-order valence-electron chi connectivity index (χ4n) is 2.86. The van der Waals surface area contributed by atoms with E-state index in [1.165, 1.54) is 11.5 Å². The summed E-state index contributed by atoms with van der Waals surface area (Å²) in [6.45, 7) is 7.68. The van der Waals surface area contributed by atoms with Crippen LogP contribution in [-0.2, 0) is 4.74 Å². The number of carbonyl (C=O) groups is 1. The normalized spacial score (nSPS) is 18.6. The van der Waals surface area contributed by atoms with Gasteiger partial charge in [0.05, 0.1) is 16.7 Å². The lowest BCUT2D eigenvalue weighted by Crippen LogP contribution is -2.44. The van der Waals surface area contributed by atoms with Crippen LogP contribution in [0.5, 0.6) is 5.88 Å². The van der Waals surface area contributed by atoms with E-state index in [9.17, 15) is 4.79 Å². The van der Waals surface area contributed by atoms with Crippen molar-refractivity contribution in [2.24, 2.45) is 5.92 Å². The quantitative estimate of drug-likeness (QED) is 0.829. The topological polar surface area (TPSA) is 51.7 Å². The zero-order valence-corrected chi connectivity index (χ0v) is 15.3. The number of aromatic nitrogens is 1. The summed E-state index contributed by atoms with van der Waals surface area (Å²) in [5, 5.41) is 1.06. The van der Waals surface area contributed by atoms with E-state index in [4.69, 9.17) is 9.47 Å². The molecule has 2 heterocycles. The number of likely N-dealkylation sites (tertiary alicyclic amines) is 1. The second kappa shape index (κ2) is 6.97. The van der Waals surface area contributed by atoms with Crippen LogP contribution in [0.1, 0.15) is 33.6 Å². The van der Waals surface area contributed by atoms with Gasteiger partial charge in [-0.2, -0.15) is 4.37 Å². The lowest BCUT2D eigenvalue weighted by Gasteiger charge is -2.33. The summed E-state index contributed by atoms with van der Waals surface area (Å²) in [4.78, 5) is 14.0. The molecule has 1 unspecified atom stereocenters. The van der Waals surface area contributed by atoms with Crippen molar-refractivity contribution in [2.45, 2.75) is 39.2 Å². The van der Waals surface area contributed by atoms with E-state index in [1.807, 2.05) is 45.0 Å². The Bertz CT molecular complexity index is 708. The van der Waals surface area contributed by atoms with E-state index >= 15 is 0 Å². The van der Waals surface area contributed by atoms with Crippen molar-refractivity contribution >= 4 is 27.7 Å². The smallest absolute Gasteiger partial charge is 0.410 e. The van der Waals surface area contributed by atoms with Gasteiger partial charge in [-0.25, -0.2) is 4.79 Å². The fraction of sp³-hybridized carbons (Fsp3) is 0.556. The predicted octanol–water partition coefficient (Wildman–Crippen LogP) is 4.32. The highest BCUT2D eigenvalue weighted by Gasteiger charge is 2.28. The Kier molecular flexibility index (Phi) is 4.94. The Hall–Kier alpha value is -1.82. The fourth-order valence-corrected chi connectivity index (χ4v) is 3.58. The number of carbonyl (C=O) groups excluding carboxylic acids is 1. The maximum absolute atomic E-state index is 12.2. The van der Waals surface area contributed by atoms with Gasteiger partial charge >= 0.3 is 6.09 Å². The molecule has 3 rings (SSSR count). The standard InChI is InChI=1S/C18H24N2O3S/c1-18(2,3)23-17(21)20-10-6-7-13(11-20)12-22-16-14-8-4-5-9-15(14)24-19-16/h4-5,8-9,13H,6-7,10-12H2,1-3H3. The highest BCUT2D eigenvalue weighted by molar-refractivity contribution is 7.13. The number of nitrogens with zero attached hydrogens (tertiary/aromatic N) is 2. The summed E-state index contributed by atoms with van der Waals surface area (Å²) in [6, 6.07) is 8.07. The first-order chi connectivity index (χ1) is 11.4. The Balaban J connectivity index is 1.57. The largest absolute Gasteiger partial charge is 0.476 e. The van der Waals surface area contributed by atoms with Crippen molar-refractivity contribution in [1.82, 2.24) is 9.27 Å². The van der Waals surface area contributed by atoms with Gasteiger partial charge in [-0.3, -0.25) is 0 Å². The number of fused-ring (bicyclic) bond motifs is 1. The average molecular weight is 348 g/mol. The summed E-state index contributed by atoms with van der Waals surface area (Å²) in [5.74, 6) is 1.01. The monoisotopic (exact) mass is 348 g/mol. The van der Waals surface area contributed by atoms with E-state index in [0.29, 0.717) is 24.9 Å². The van der Waals surface area contributed by atoms with Gasteiger partial charge in [-0.05, 0) is 57.3 Å². The third-order valence-electron chi connectivity index (χ3n) is 3.97. The maximum atomic E-state index is 12.2. The van der Waals surface area contributed by atoms with E-state index < -0.39 is 5.60 Å². The molecule has 1 aliphatic heterocycles. The average Bonchev–Trinajstić information content (AvgIpc) is 2.95. The highest BCUT2D eigenvalue weighted by atomic mass is 32.1. The van der Waals surface area contributed by atoms with E-state index in [1.54, 1.807) is 4.90 Å². The molecule has 0 spiro atoms. The van der Waals surface area contributed by atoms with Gasteiger partial charge < -0.3 is 14.4 Å². The third-order valence-corrected chi connectivity index (χ3v) is 4.78. The zero-order chi connectivity index (χ0) is 17.2. The van der Waals surface area contributed by atoms with E-state index in [0.717, 1.165) is 29.5 Å². The van der Waals surface area contributed by atoms with Crippen molar-refractivity contribution in [2.75, 3.05) is 19.7 Å². The molecule has 0 radical (unpaired) electrons. The molecular weight excluding hydrogens is 324 g/mol. The molecule has 0 saturated carbocycles. The summed E-state index contributed by atoms with van der Waals surface area (Å²) < 4.78 is 16.9. The predicted molar refractivity (Wildman–Crippen MR) is 95.6 cm³/mol. The maximum Gasteiger partial charge on any atom is 0.410 e. The Morgan fingerprint density at radius 2 is 2.17 bits per heavy atom. The van der Waals surface area contributed by atoms with Gasteiger partial charge in [0.2, 0.25) is 5.88 Å². The van der Waals surface area contributed by atoms with Crippen LogP contribution in [-0.4, -0.2) is 40.7 Å². The minimum absolute atomic E-state index is 0.230. The molecule has 5 nitrogen and oxygen atoms in total. The highest BCUT2D eigenvalue weighted by Crippen LogP contribution is 2.29. The zero-order valence-electron chi connectivity index (χ0n) is 14.4. The lowest BCUT2D eigenvalue weighted by atomic mass is 9.99. The molecule has 1 aliphatic rings. The molecule has 1 amide bonds. The lowest BCUT2D eigenvalue weighted by molar-refractivity contribution is 0.0139. The van der Waals surface area contributed by atoms with E-state index in [2.05, 4.69) is 4.37 Å². The minimum atomic E-state index is -0.458. The van der Waals surface area contributed by atoms with Crippen LogP contribution in [0.4, 0.5) is 4.79 Å². The number of benzene rings is 1. The number of hydrogen-bond acceptors (Lipinski definition) is 5. The van der Waals surface area contributed by atoms with Crippen molar-refractivity contribution < 1.29 is 14.3 Å². The molecule has 6 heteroatoms. The Labute approximate surface area is 146 Å². The molecular formula is C18H24N2O3S. The Morgan fingerprint density at radius 1 is 1.38 bits per heavy atom. The van der Waals surface area contributed by atoms with Crippen LogP contribution in [0.15, 0.2) is 24.3 Å². The second-order valence-corrected chi connectivity index (χ2v) is 8.03. The molecule has 24 heavy (non-hydrogen) atoms. The number of rotatable bonds is 3. The summed E-state index contributed by atoms with van der Waals surface area (Å²) in [6.07, 6.45) is 1.80. The van der Waals surface area contributed by atoms with Gasteiger partial charge in [-0.1, -0.05) is 12.1 Å². The molecule has 1 atom stereocenters. The first-order valence-electron chi connectivity index (χ1n) is 8.37. The second-order valence-electron chi connectivity index (χ2n) is 7.23. The summed E-state index contributed by atoms with van der Waals surface area (Å²) >= 11 is 1.45. The minimum Gasteiger partial charge on any atom is -0.476 e. The third kappa shape index (κ3) is 4.17. The molecule has 1 saturated heterocycles. The molecule has 1 aromatic heterocycles. The van der Waals surface area contributed by atoms with Crippen molar-refractivity contribution in [3.05, 3.63) is 24.3 Å². The first kappa shape index (κ1) is 17.0. The van der Waals surface area contributed by atoms with Gasteiger partial charge in [-0.15, -0.1) is 0 Å². The number of hydrogen-bond donors (Lipinski definition) is 0. The summed E-state index contributed by atoms with van der Waals surface area (Å²) in [7, 11) is 0. The molecule has 1 fully saturated rings. The molecule has 0 aliphatic carbocycles.